The minimum absolute atomic E-state index is 0.0762. The second kappa shape index (κ2) is 6.18. The maximum Gasteiger partial charge on any atom is 0.254 e. The molecule has 1 N–H and O–H groups in total. The van der Waals surface area contributed by atoms with Crippen molar-refractivity contribution in [1.82, 2.24) is 20.1 Å². The third-order valence-electron chi connectivity index (χ3n) is 2.65. The van der Waals surface area contributed by atoms with E-state index in [1.54, 1.807) is 24.1 Å². The highest BCUT2D eigenvalue weighted by Gasteiger charge is 2.14. The van der Waals surface area contributed by atoms with Gasteiger partial charge in [-0.05, 0) is 32.0 Å². The molecule has 1 heterocycles. The Morgan fingerprint density at radius 3 is 2.90 bits per heavy atom. The van der Waals surface area contributed by atoms with Gasteiger partial charge in [-0.2, -0.15) is 5.10 Å². The fraction of sp³-hybridized carbons (Fsp3) is 0.357. The van der Waals surface area contributed by atoms with Crippen LogP contribution in [0, 0.1) is 0 Å². The fourth-order valence-corrected chi connectivity index (χ4v) is 1.80. The molecule has 0 bridgehead atoms. The van der Waals surface area contributed by atoms with Gasteiger partial charge in [0, 0.05) is 12.6 Å². The number of aromatic amines is 1. The summed E-state index contributed by atoms with van der Waals surface area (Å²) in [6, 6.07) is 7.17. The molecule has 0 radical (unpaired) electrons. The Kier molecular flexibility index (Phi) is 4.34. The molecule has 0 fully saturated rings. The molecule has 6 heteroatoms. The first kappa shape index (κ1) is 14.0. The van der Waals surface area contributed by atoms with E-state index < -0.39 is 0 Å². The molecule has 1 aromatic heterocycles. The first-order valence-corrected chi connectivity index (χ1v) is 6.42. The predicted octanol–water partition coefficient (Wildman–Crippen LogP) is 1.86. The Morgan fingerprint density at radius 2 is 2.25 bits per heavy atom. The Hall–Kier alpha value is -2.37. The third kappa shape index (κ3) is 3.57. The topological polar surface area (TPSA) is 71.1 Å². The maximum atomic E-state index is 12.3. The monoisotopic (exact) mass is 274 g/mol. The van der Waals surface area contributed by atoms with E-state index in [1.165, 1.54) is 6.33 Å². The average molecular weight is 274 g/mol. The standard InChI is InChI=1S/C14H18N4O2/c1-10(2)20-12-6-4-5-11(7-12)14(19)18(3)8-13-15-9-16-17-13/h4-7,9-10H,8H2,1-3H3,(H,15,16,17). The molecule has 0 saturated heterocycles. The quantitative estimate of drug-likeness (QED) is 0.903. The number of amides is 1. The van der Waals surface area contributed by atoms with E-state index in [0.29, 0.717) is 23.7 Å². The van der Waals surface area contributed by atoms with Crippen molar-refractivity contribution in [2.45, 2.75) is 26.5 Å². The van der Waals surface area contributed by atoms with E-state index in [2.05, 4.69) is 15.2 Å². The summed E-state index contributed by atoms with van der Waals surface area (Å²) in [6.07, 6.45) is 1.50. The molecule has 0 spiro atoms. The lowest BCUT2D eigenvalue weighted by atomic mass is 10.2. The minimum Gasteiger partial charge on any atom is -0.491 e. The Labute approximate surface area is 117 Å². The highest BCUT2D eigenvalue weighted by molar-refractivity contribution is 5.94. The number of rotatable bonds is 5. The normalized spacial score (nSPS) is 10.6. The lowest BCUT2D eigenvalue weighted by Crippen LogP contribution is -2.26. The van der Waals surface area contributed by atoms with E-state index >= 15 is 0 Å². The van der Waals surface area contributed by atoms with Crippen LogP contribution < -0.4 is 4.74 Å². The van der Waals surface area contributed by atoms with Crippen molar-refractivity contribution >= 4 is 5.91 Å². The van der Waals surface area contributed by atoms with Crippen LogP contribution >= 0.6 is 0 Å². The summed E-state index contributed by atoms with van der Waals surface area (Å²) in [6.45, 7) is 4.28. The van der Waals surface area contributed by atoms with Crippen LogP contribution in [-0.4, -0.2) is 39.1 Å². The first-order chi connectivity index (χ1) is 9.56. The number of aromatic nitrogens is 3. The van der Waals surface area contributed by atoms with E-state index in [4.69, 9.17) is 4.74 Å². The number of ether oxygens (including phenoxy) is 1. The van der Waals surface area contributed by atoms with Gasteiger partial charge in [0.05, 0.1) is 12.6 Å². The van der Waals surface area contributed by atoms with Crippen molar-refractivity contribution in [3.63, 3.8) is 0 Å². The van der Waals surface area contributed by atoms with Gasteiger partial charge in [0.2, 0.25) is 0 Å². The number of hydrogen-bond donors (Lipinski definition) is 1. The molecular weight excluding hydrogens is 256 g/mol. The zero-order chi connectivity index (χ0) is 14.5. The second-order valence-corrected chi connectivity index (χ2v) is 4.79. The van der Waals surface area contributed by atoms with Gasteiger partial charge in [-0.3, -0.25) is 9.89 Å². The highest BCUT2D eigenvalue weighted by Crippen LogP contribution is 2.16. The van der Waals surface area contributed by atoms with Gasteiger partial charge in [-0.1, -0.05) is 6.07 Å². The van der Waals surface area contributed by atoms with Crippen molar-refractivity contribution in [3.8, 4) is 5.75 Å². The lowest BCUT2D eigenvalue weighted by Gasteiger charge is -2.16. The highest BCUT2D eigenvalue weighted by atomic mass is 16.5. The maximum absolute atomic E-state index is 12.3. The van der Waals surface area contributed by atoms with Crippen LogP contribution in [0.15, 0.2) is 30.6 Å². The largest absolute Gasteiger partial charge is 0.491 e. The molecule has 6 nitrogen and oxygen atoms in total. The molecule has 1 aromatic carbocycles. The average Bonchev–Trinajstić information content (AvgIpc) is 2.90. The summed E-state index contributed by atoms with van der Waals surface area (Å²) in [5.74, 6) is 1.25. The number of benzene rings is 1. The molecule has 0 aliphatic carbocycles. The van der Waals surface area contributed by atoms with Gasteiger partial charge < -0.3 is 9.64 Å². The summed E-state index contributed by atoms with van der Waals surface area (Å²) in [5, 5.41) is 6.49. The van der Waals surface area contributed by atoms with Crippen LogP contribution in [0.5, 0.6) is 5.75 Å². The number of nitrogens with one attached hydrogen (secondary N) is 1. The Balaban J connectivity index is 2.08. The third-order valence-corrected chi connectivity index (χ3v) is 2.65. The molecule has 2 aromatic rings. The van der Waals surface area contributed by atoms with Gasteiger partial charge in [-0.25, -0.2) is 4.98 Å². The molecule has 1 amide bonds. The lowest BCUT2D eigenvalue weighted by molar-refractivity contribution is 0.0781. The number of carbonyl (C=O) groups is 1. The Bertz CT molecular complexity index is 566. The summed E-state index contributed by atoms with van der Waals surface area (Å²) in [4.78, 5) is 17.9. The van der Waals surface area contributed by atoms with Gasteiger partial charge in [-0.15, -0.1) is 0 Å². The van der Waals surface area contributed by atoms with E-state index in [0.717, 1.165) is 0 Å². The first-order valence-electron chi connectivity index (χ1n) is 6.42. The van der Waals surface area contributed by atoms with E-state index in [1.807, 2.05) is 26.0 Å². The van der Waals surface area contributed by atoms with Crippen molar-refractivity contribution in [3.05, 3.63) is 42.0 Å². The predicted molar refractivity (Wildman–Crippen MR) is 74.4 cm³/mol. The number of H-pyrrole nitrogens is 1. The van der Waals surface area contributed by atoms with Crippen LogP contribution in [0.25, 0.3) is 0 Å². The van der Waals surface area contributed by atoms with Gasteiger partial charge >= 0.3 is 0 Å². The second-order valence-electron chi connectivity index (χ2n) is 4.79. The molecule has 0 aliphatic heterocycles. The van der Waals surface area contributed by atoms with Gasteiger partial charge in [0.25, 0.3) is 5.91 Å². The molecule has 0 saturated carbocycles. The Morgan fingerprint density at radius 1 is 1.45 bits per heavy atom. The van der Waals surface area contributed by atoms with Crippen LogP contribution in [0.3, 0.4) is 0 Å². The smallest absolute Gasteiger partial charge is 0.254 e. The summed E-state index contributed by atoms with van der Waals surface area (Å²) < 4.78 is 5.59. The van der Waals surface area contributed by atoms with Crippen molar-refractivity contribution < 1.29 is 9.53 Å². The van der Waals surface area contributed by atoms with Crippen molar-refractivity contribution in [1.29, 1.82) is 0 Å². The minimum atomic E-state index is -0.0874. The van der Waals surface area contributed by atoms with E-state index in [-0.39, 0.29) is 12.0 Å². The van der Waals surface area contributed by atoms with Crippen molar-refractivity contribution in [2.75, 3.05) is 7.05 Å². The van der Waals surface area contributed by atoms with Crippen molar-refractivity contribution in [2.24, 2.45) is 0 Å². The molecule has 0 aliphatic rings. The SMILES string of the molecule is CC(C)Oc1cccc(C(=O)N(C)Cc2ncn[nH]2)c1. The molecule has 106 valence electrons. The van der Waals surface area contributed by atoms with Gasteiger partial charge in [0.15, 0.2) is 0 Å². The molecular formula is C14H18N4O2. The summed E-state index contributed by atoms with van der Waals surface area (Å²) >= 11 is 0. The van der Waals surface area contributed by atoms with Crippen LogP contribution in [-0.2, 0) is 6.54 Å². The van der Waals surface area contributed by atoms with Crippen LogP contribution in [0.4, 0.5) is 0 Å². The zero-order valence-corrected chi connectivity index (χ0v) is 11.8. The number of carbonyl (C=O) groups excluding carboxylic acids is 1. The fourth-order valence-electron chi connectivity index (χ4n) is 1.80. The van der Waals surface area contributed by atoms with E-state index in [9.17, 15) is 4.79 Å². The summed E-state index contributed by atoms with van der Waals surface area (Å²) in [7, 11) is 1.72. The summed E-state index contributed by atoms with van der Waals surface area (Å²) in [5.41, 5.74) is 0.588. The van der Waals surface area contributed by atoms with Gasteiger partial charge in [0.1, 0.15) is 17.9 Å². The van der Waals surface area contributed by atoms with Crippen LogP contribution in [0.1, 0.15) is 30.0 Å². The van der Waals surface area contributed by atoms with Crippen LogP contribution in [0.2, 0.25) is 0 Å². The molecule has 0 atom stereocenters. The zero-order valence-electron chi connectivity index (χ0n) is 11.8. The molecule has 2 rings (SSSR count). The molecule has 20 heavy (non-hydrogen) atoms. The number of nitrogens with zero attached hydrogens (tertiary/aromatic N) is 3. The molecule has 0 unspecified atom stereocenters. The number of hydrogen-bond acceptors (Lipinski definition) is 4.